The zero-order valence-electron chi connectivity index (χ0n) is 11.9. The van der Waals surface area contributed by atoms with Gasteiger partial charge in [-0.05, 0) is 25.7 Å². The molecule has 0 spiro atoms. The van der Waals surface area contributed by atoms with E-state index in [4.69, 9.17) is 4.74 Å². The zero-order valence-corrected chi connectivity index (χ0v) is 12.8. The van der Waals surface area contributed by atoms with Crippen LogP contribution in [0.2, 0.25) is 0 Å². The van der Waals surface area contributed by atoms with E-state index in [9.17, 15) is 18.3 Å². The zero-order chi connectivity index (χ0) is 15.6. The summed E-state index contributed by atoms with van der Waals surface area (Å²) in [5, 5.41) is 15.0. The average Bonchev–Trinajstić information content (AvgIpc) is 2.87. The number of aromatic nitrogens is 2. The van der Waals surface area contributed by atoms with Crippen LogP contribution < -0.4 is 0 Å². The molecule has 1 saturated carbocycles. The van der Waals surface area contributed by atoms with Gasteiger partial charge < -0.3 is 9.84 Å². The number of H-pyrrole nitrogens is 1. The Labute approximate surface area is 123 Å². The van der Waals surface area contributed by atoms with Crippen LogP contribution in [0.1, 0.15) is 30.1 Å². The number of esters is 1. The standard InChI is InChI=1S/C12H19N3O5S/c1-3-20-12(17)10-6-13-14-11(10)21(18,19)15(2)7-8-4-9(16)5-8/h6,8-9,16H,3-5,7H2,1-2H3,(H,13,14). The van der Waals surface area contributed by atoms with E-state index < -0.39 is 16.0 Å². The number of hydrogen-bond donors (Lipinski definition) is 2. The predicted octanol–water partition coefficient (Wildman–Crippen LogP) is -0.0222. The van der Waals surface area contributed by atoms with E-state index in [1.165, 1.54) is 11.4 Å². The summed E-state index contributed by atoms with van der Waals surface area (Å²) in [5.74, 6) is -0.592. The van der Waals surface area contributed by atoms with Crippen LogP contribution in [-0.2, 0) is 14.8 Å². The van der Waals surface area contributed by atoms with Gasteiger partial charge >= 0.3 is 5.97 Å². The van der Waals surface area contributed by atoms with Gasteiger partial charge in [-0.15, -0.1) is 0 Å². The van der Waals surface area contributed by atoms with Crippen LogP contribution in [0.5, 0.6) is 0 Å². The fraction of sp³-hybridized carbons (Fsp3) is 0.667. The molecule has 118 valence electrons. The molecule has 21 heavy (non-hydrogen) atoms. The molecule has 1 fully saturated rings. The van der Waals surface area contributed by atoms with E-state index in [0.29, 0.717) is 19.4 Å². The number of aliphatic hydroxyl groups is 1. The summed E-state index contributed by atoms with van der Waals surface area (Å²) in [6, 6.07) is 0. The average molecular weight is 317 g/mol. The minimum atomic E-state index is -3.85. The summed E-state index contributed by atoms with van der Waals surface area (Å²) in [6.07, 6.45) is 1.99. The minimum absolute atomic E-state index is 0.0997. The van der Waals surface area contributed by atoms with Crippen molar-refractivity contribution in [3.05, 3.63) is 11.8 Å². The van der Waals surface area contributed by atoms with E-state index in [-0.39, 0.29) is 29.2 Å². The molecular weight excluding hydrogens is 298 g/mol. The molecule has 8 nitrogen and oxygen atoms in total. The van der Waals surface area contributed by atoms with Crippen molar-refractivity contribution in [2.45, 2.75) is 30.9 Å². The first-order valence-corrected chi connectivity index (χ1v) is 8.15. The van der Waals surface area contributed by atoms with Gasteiger partial charge in [0.2, 0.25) is 0 Å². The van der Waals surface area contributed by atoms with Crippen LogP contribution in [0.4, 0.5) is 0 Å². The fourth-order valence-electron chi connectivity index (χ4n) is 2.29. The molecule has 1 heterocycles. The summed E-state index contributed by atoms with van der Waals surface area (Å²) >= 11 is 0. The number of carbonyl (C=O) groups is 1. The molecule has 0 bridgehead atoms. The van der Waals surface area contributed by atoms with Crippen LogP contribution in [0.3, 0.4) is 0 Å². The lowest BCUT2D eigenvalue weighted by atomic mass is 9.82. The maximum atomic E-state index is 12.5. The highest BCUT2D eigenvalue weighted by atomic mass is 32.2. The number of aliphatic hydroxyl groups excluding tert-OH is 1. The Morgan fingerprint density at radius 3 is 2.81 bits per heavy atom. The molecule has 1 aromatic heterocycles. The van der Waals surface area contributed by atoms with Crippen molar-refractivity contribution in [1.29, 1.82) is 0 Å². The van der Waals surface area contributed by atoms with Gasteiger partial charge in [-0.1, -0.05) is 0 Å². The van der Waals surface area contributed by atoms with Gasteiger partial charge in [-0.2, -0.15) is 9.40 Å². The van der Waals surface area contributed by atoms with E-state index in [2.05, 4.69) is 10.2 Å². The molecule has 0 atom stereocenters. The first-order valence-electron chi connectivity index (χ1n) is 6.71. The molecule has 1 aliphatic carbocycles. The SMILES string of the molecule is CCOC(=O)c1cn[nH]c1S(=O)(=O)N(C)CC1CC(O)C1. The van der Waals surface area contributed by atoms with Crippen molar-refractivity contribution in [3.63, 3.8) is 0 Å². The van der Waals surface area contributed by atoms with E-state index >= 15 is 0 Å². The van der Waals surface area contributed by atoms with Gasteiger partial charge in [0, 0.05) is 13.6 Å². The minimum Gasteiger partial charge on any atom is -0.462 e. The number of aromatic amines is 1. The van der Waals surface area contributed by atoms with E-state index in [1.54, 1.807) is 6.92 Å². The summed E-state index contributed by atoms with van der Waals surface area (Å²) < 4.78 is 30.9. The number of sulfonamides is 1. The van der Waals surface area contributed by atoms with Crippen LogP contribution in [-0.4, -0.2) is 60.3 Å². The van der Waals surface area contributed by atoms with Gasteiger partial charge in [0.25, 0.3) is 10.0 Å². The third kappa shape index (κ3) is 3.25. The summed E-state index contributed by atoms with van der Waals surface area (Å²) in [4.78, 5) is 11.7. The number of rotatable bonds is 6. The largest absolute Gasteiger partial charge is 0.462 e. The lowest BCUT2D eigenvalue weighted by molar-refractivity contribution is 0.0367. The van der Waals surface area contributed by atoms with Gasteiger partial charge in [0.1, 0.15) is 5.56 Å². The summed E-state index contributed by atoms with van der Waals surface area (Å²) in [6.45, 7) is 2.08. The second kappa shape index (κ2) is 6.12. The van der Waals surface area contributed by atoms with E-state index in [1.807, 2.05) is 0 Å². The molecule has 0 radical (unpaired) electrons. The molecule has 0 unspecified atom stereocenters. The molecule has 1 aromatic rings. The second-order valence-electron chi connectivity index (χ2n) is 5.11. The Kier molecular flexibility index (Phi) is 4.64. The lowest BCUT2D eigenvalue weighted by Crippen LogP contribution is -2.39. The van der Waals surface area contributed by atoms with Crippen molar-refractivity contribution < 1.29 is 23.1 Å². The van der Waals surface area contributed by atoms with Crippen molar-refractivity contribution in [2.75, 3.05) is 20.2 Å². The third-order valence-electron chi connectivity index (χ3n) is 3.49. The summed E-state index contributed by atoms with van der Waals surface area (Å²) in [7, 11) is -2.41. The predicted molar refractivity (Wildman–Crippen MR) is 73.1 cm³/mol. The molecule has 9 heteroatoms. The molecular formula is C12H19N3O5S. The molecule has 2 rings (SSSR count). The van der Waals surface area contributed by atoms with Crippen LogP contribution in [0, 0.1) is 5.92 Å². The monoisotopic (exact) mass is 317 g/mol. The number of nitrogens with zero attached hydrogens (tertiary/aromatic N) is 2. The van der Waals surface area contributed by atoms with Gasteiger partial charge in [-0.25, -0.2) is 13.2 Å². The van der Waals surface area contributed by atoms with Gasteiger partial charge in [0.15, 0.2) is 5.03 Å². The first-order chi connectivity index (χ1) is 9.86. The first kappa shape index (κ1) is 15.9. The van der Waals surface area contributed by atoms with Crippen LogP contribution in [0.25, 0.3) is 0 Å². The fourth-order valence-corrected chi connectivity index (χ4v) is 3.59. The number of ether oxygens (including phenoxy) is 1. The van der Waals surface area contributed by atoms with E-state index in [0.717, 1.165) is 6.20 Å². The molecule has 0 aliphatic heterocycles. The normalized spacial score (nSPS) is 22.1. The quantitative estimate of drug-likeness (QED) is 0.713. The maximum Gasteiger partial charge on any atom is 0.342 e. The lowest BCUT2D eigenvalue weighted by Gasteiger charge is -2.33. The number of carbonyl (C=O) groups excluding carboxylic acids is 1. The Balaban J connectivity index is 2.15. The highest BCUT2D eigenvalue weighted by Crippen LogP contribution is 2.29. The van der Waals surface area contributed by atoms with Crippen LogP contribution >= 0.6 is 0 Å². The van der Waals surface area contributed by atoms with Gasteiger partial charge in [0.05, 0.1) is 18.9 Å². The Hall–Kier alpha value is -1.45. The number of hydrogen-bond acceptors (Lipinski definition) is 6. The molecule has 0 aromatic carbocycles. The van der Waals surface area contributed by atoms with Crippen molar-refractivity contribution in [1.82, 2.24) is 14.5 Å². The second-order valence-corrected chi connectivity index (χ2v) is 7.09. The third-order valence-corrected chi connectivity index (χ3v) is 5.29. The van der Waals surface area contributed by atoms with Crippen LogP contribution in [0.15, 0.2) is 11.2 Å². The van der Waals surface area contributed by atoms with Gasteiger partial charge in [-0.3, -0.25) is 5.10 Å². The Morgan fingerprint density at radius 1 is 1.57 bits per heavy atom. The smallest absolute Gasteiger partial charge is 0.342 e. The molecule has 2 N–H and O–H groups in total. The van der Waals surface area contributed by atoms with Crippen molar-refractivity contribution in [3.8, 4) is 0 Å². The highest BCUT2D eigenvalue weighted by Gasteiger charge is 2.34. The maximum absolute atomic E-state index is 12.5. The topological polar surface area (TPSA) is 113 Å². The Morgan fingerprint density at radius 2 is 2.24 bits per heavy atom. The molecule has 0 amide bonds. The Bertz CT molecular complexity index is 606. The molecule has 0 saturated heterocycles. The highest BCUT2D eigenvalue weighted by molar-refractivity contribution is 7.89. The summed E-state index contributed by atoms with van der Waals surface area (Å²) in [5.41, 5.74) is -0.0997. The molecule has 1 aliphatic rings. The number of nitrogens with one attached hydrogen (secondary N) is 1. The van der Waals surface area contributed by atoms with Crippen molar-refractivity contribution >= 4 is 16.0 Å². The van der Waals surface area contributed by atoms with Crippen molar-refractivity contribution in [2.24, 2.45) is 5.92 Å².